The minimum Gasteiger partial charge on any atom is -0.445 e. The van der Waals surface area contributed by atoms with Gasteiger partial charge < -0.3 is 9.30 Å². The van der Waals surface area contributed by atoms with Crippen LogP contribution in [0.25, 0.3) is 16.6 Å². The summed E-state index contributed by atoms with van der Waals surface area (Å²) in [6.07, 6.45) is 19.6. The van der Waals surface area contributed by atoms with Crippen molar-refractivity contribution in [2.24, 2.45) is 28.6 Å². The number of aromatic nitrogens is 3. The van der Waals surface area contributed by atoms with Gasteiger partial charge in [0.05, 0.1) is 5.52 Å². The van der Waals surface area contributed by atoms with Crippen LogP contribution < -0.4 is 0 Å². The van der Waals surface area contributed by atoms with Gasteiger partial charge in [-0.3, -0.25) is 0 Å². The highest BCUT2D eigenvalue weighted by molar-refractivity contribution is 5.84. The number of allylic oxidation sites excluding steroid dienone is 3. The molecule has 4 aliphatic rings. The number of ether oxygens (including phenoxy) is 1. The van der Waals surface area contributed by atoms with E-state index in [1.165, 1.54) is 52.3 Å². The molecule has 0 radical (unpaired) electrons. The van der Waals surface area contributed by atoms with Gasteiger partial charge in [0, 0.05) is 36.1 Å². The number of fused-ring (bicyclic) bond motifs is 6. The molecular formula is C31H35N3O2. The van der Waals surface area contributed by atoms with Crippen LogP contribution in [0.15, 0.2) is 73.0 Å². The zero-order valence-corrected chi connectivity index (χ0v) is 21.3. The SMILES string of the molecule is C[C@]12CCC(OC(=O)n3ccnc3)CC1=CCC1C2CC[C@]2(C)C(n3ccc4ccccc43)=CCC12. The molecule has 2 fully saturated rings. The molecule has 2 aromatic heterocycles. The quantitative estimate of drug-likeness (QED) is 0.361. The highest BCUT2D eigenvalue weighted by atomic mass is 16.6. The summed E-state index contributed by atoms with van der Waals surface area (Å²) < 4.78 is 9.78. The first-order chi connectivity index (χ1) is 17.5. The third-order valence-electron chi connectivity index (χ3n) is 10.4. The molecule has 1 aromatic carbocycles. The number of carbonyl (C=O) groups is 1. The summed E-state index contributed by atoms with van der Waals surface area (Å²) in [6.45, 7) is 5.05. The monoisotopic (exact) mass is 481 g/mol. The maximum Gasteiger partial charge on any atom is 0.419 e. The minimum atomic E-state index is -0.314. The van der Waals surface area contributed by atoms with Crippen LogP contribution in [-0.4, -0.2) is 26.3 Å². The molecule has 0 amide bonds. The molecule has 0 saturated heterocycles. The fraction of sp³-hybridized carbons (Fsp3) is 0.484. The Morgan fingerprint density at radius 2 is 1.86 bits per heavy atom. The largest absolute Gasteiger partial charge is 0.445 e. The highest BCUT2D eigenvalue weighted by Gasteiger charge is 2.57. The Balaban J connectivity index is 1.13. The summed E-state index contributed by atoms with van der Waals surface area (Å²) in [4.78, 5) is 16.5. The lowest BCUT2D eigenvalue weighted by Gasteiger charge is -2.57. The molecule has 2 heterocycles. The number of carbonyl (C=O) groups excluding carboxylic acids is 1. The normalized spacial score (nSPS) is 35.4. The van der Waals surface area contributed by atoms with Crippen LogP contribution in [-0.2, 0) is 4.74 Å². The predicted molar refractivity (Wildman–Crippen MR) is 141 cm³/mol. The first-order valence-corrected chi connectivity index (χ1v) is 13.6. The third-order valence-corrected chi connectivity index (χ3v) is 10.4. The molecule has 0 bridgehead atoms. The van der Waals surface area contributed by atoms with Crippen LogP contribution >= 0.6 is 0 Å². The zero-order chi connectivity index (χ0) is 24.5. The molecule has 4 unspecified atom stereocenters. The number of imidazole rings is 1. The van der Waals surface area contributed by atoms with E-state index in [0.29, 0.717) is 5.92 Å². The molecule has 3 aromatic rings. The second-order valence-corrected chi connectivity index (χ2v) is 12.0. The van der Waals surface area contributed by atoms with Crippen molar-refractivity contribution in [2.45, 2.75) is 64.9 Å². The lowest BCUT2D eigenvalue weighted by molar-refractivity contribution is -0.0271. The molecule has 6 atom stereocenters. The van der Waals surface area contributed by atoms with E-state index in [0.717, 1.165) is 37.5 Å². The van der Waals surface area contributed by atoms with Crippen molar-refractivity contribution in [1.82, 2.24) is 14.1 Å². The van der Waals surface area contributed by atoms with E-state index in [1.54, 1.807) is 12.4 Å². The fourth-order valence-electron chi connectivity index (χ4n) is 8.51. The van der Waals surface area contributed by atoms with Crippen molar-refractivity contribution < 1.29 is 9.53 Å². The Morgan fingerprint density at radius 3 is 2.72 bits per heavy atom. The van der Waals surface area contributed by atoms with Crippen molar-refractivity contribution in [2.75, 3.05) is 0 Å². The number of hydrogen-bond donors (Lipinski definition) is 0. The van der Waals surface area contributed by atoms with Gasteiger partial charge in [-0.1, -0.05) is 49.8 Å². The van der Waals surface area contributed by atoms with Crippen molar-refractivity contribution >= 4 is 22.7 Å². The van der Waals surface area contributed by atoms with Gasteiger partial charge in [-0.15, -0.1) is 0 Å². The van der Waals surface area contributed by atoms with Crippen molar-refractivity contribution in [3.63, 3.8) is 0 Å². The second kappa shape index (κ2) is 7.96. The fourth-order valence-corrected chi connectivity index (χ4v) is 8.51. The molecule has 36 heavy (non-hydrogen) atoms. The molecule has 0 spiro atoms. The molecule has 186 valence electrons. The topological polar surface area (TPSA) is 49.1 Å². The number of rotatable bonds is 2. The summed E-state index contributed by atoms with van der Waals surface area (Å²) in [7, 11) is 0. The van der Waals surface area contributed by atoms with Gasteiger partial charge in [0.2, 0.25) is 0 Å². The molecule has 5 nitrogen and oxygen atoms in total. The zero-order valence-electron chi connectivity index (χ0n) is 21.3. The van der Waals surface area contributed by atoms with Gasteiger partial charge >= 0.3 is 6.09 Å². The van der Waals surface area contributed by atoms with Crippen LogP contribution in [0.5, 0.6) is 0 Å². The molecule has 5 heteroatoms. The molecule has 2 saturated carbocycles. The van der Waals surface area contributed by atoms with E-state index < -0.39 is 0 Å². The average molecular weight is 482 g/mol. The number of nitrogens with zero attached hydrogens (tertiary/aromatic N) is 3. The minimum absolute atomic E-state index is 0.0357. The van der Waals surface area contributed by atoms with Gasteiger partial charge in [0.1, 0.15) is 12.4 Å². The molecule has 0 N–H and O–H groups in total. The van der Waals surface area contributed by atoms with Gasteiger partial charge in [0.25, 0.3) is 0 Å². The van der Waals surface area contributed by atoms with Gasteiger partial charge in [-0.05, 0) is 79.2 Å². The van der Waals surface area contributed by atoms with E-state index in [1.807, 2.05) is 0 Å². The number of benzene rings is 1. The number of hydrogen-bond acceptors (Lipinski definition) is 3. The summed E-state index contributed by atoms with van der Waals surface area (Å²) in [5.41, 5.74) is 4.83. The third kappa shape index (κ3) is 3.14. The summed E-state index contributed by atoms with van der Waals surface area (Å²) in [6, 6.07) is 11.0. The first kappa shape index (κ1) is 22.1. The Hall–Kier alpha value is -3.08. The van der Waals surface area contributed by atoms with Crippen molar-refractivity contribution in [3.05, 3.63) is 73.0 Å². The lowest BCUT2D eigenvalue weighted by Crippen LogP contribution is -2.50. The summed E-state index contributed by atoms with van der Waals surface area (Å²) in [5, 5.41) is 1.32. The van der Waals surface area contributed by atoms with Gasteiger partial charge in [-0.25, -0.2) is 14.3 Å². The van der Waals surface area contributed by atoms with Crippen molar-refractivity contribution in [1.29, 1.82) is 0 Å². The van der Waals surface area contributed by atoms with Crippen LogP contribution in [0.1, 0.15) is 58.8 Å². The number of para-hydroxylation sites is 1. The summed E-state index contributed by atoms with van der Waals surface area (Å²) >= 11 is 0. The smallest absolute Gasteiger partial charge is 0.419 e. The molecule has 7 rings (SSSR count). The van der Waals surface area contributed by atoms with Crippen molar-refractivity contribution in [3.8, 4) is 0 Å². The van der Waals surface area contributed by atoms with E-state index in [9.17, 15) is 4.79 Å². The lowest BCUT2D eigenvalue weighted by atomic mass is 9.47. The van der Waals surface area contributed by atoms with E-state index in [-0.39, 0.29) is 23.0 Å². The first-order valence-electron chi connectivity index (χ1n) is 13.6. The molecular weight excluding hydrogens is 446 g/mol. The van der Waals surface area contributed by atoms with Crippen LogP contribution in [0.4, 0.5) is 4.79 Å². The highest BCUT2D eigenvalue weighted by Crippen LogP contribution is 2.65. The van der Waals surface area contributed by atoms with E-state index in [2.05, 4.69) is 72.1 Å². The Labute approximate surface area is 212 Å². The Bertz CT molecular complexity index is 1380. The maximum atomic E-state index is 12.5. The predicted octanol–water partition coefficient (Wildman–Crippen LogP) is 7.30. The van der Waals surface area contributed by atoms with Crippen LogP contribution in [0.3, 0.4) is 0 Å². The van der Waals surface area contributed by atoms with Gasteiger partial charge in [0.15, 0.2) is 0 Å². The molecule has 4 aliphatic carbocycles. The summed E-state index contributed by atoms with van der Waals surface area (Å²) in [5.74, 6) is 2.13. The van der Waals surface area contributed by atoms with Crippen LogP contribution in [0.2, 0.25) is 0 Å². The Kier molecular flexibility index (Phi) is 4.90. The van der Waals surface area contributed by atoms with E-state index in [4.69, 9.17) is 4.74 Å². The van der Waals surface area contributed by atoms with E-state index >= 15 is 0 Å². The van der Waals surface area contributed by atoms with Crippen LogP contribution in [0, 0.1) is 28.6 Å². The standard InChI is InChI=1S/C31H35N3O2/c1-30-14-11-23(36-29(35)33-18-16-32-20-33)19-22(30)7-8-24-25-9-10-28(31(25,2)15-12-26(24)30)34-17-13-21-5-3-4-6-27(21)34/h3-7,10,13,16-18,20,23-26H,8-9,11-12,14-15,19H2,1-2H3/t23?,24?,25?,26?,30-,31-/m0/s1. The average Bonchev–Trinajstić information content (AvgIpc) is 3.62. The van der Waals surface area contributed by atoms with Gasteiger partial charge in [-0.2, -0.15) is 0 Å². The molecule has 0 aliphatic heterocycles. The Morgan fingerprint density at radius 1 is 1.00 bits per heavy atom. The maximum absolute atomic E-state index is 12.5. The second-order valence-electron chi connectivity index (χ2n) is 12.0.